The van der Waals surface area contributed by atoms with Crippen LogP contribution in [0.4, 0.5) is 5.69 Å². The van der Waals surface area contributed by atoms with E-state index in [1.165, 1.54) is 23.8 Å². The molecule has 0 aliphatic rings. The average molecular weight is 485 g/mol. The second-order valence-corrected chi connectivity index (χ2v) is 11.3. The van der Waals surface area contributed by atoms with Gasteiger partial charge >= 0.3 is 0 Å². The van der Waals surface area contributed by atoms with Crippen molar-refractivity contribution in [1.82, 2.24) is 5.32 Å². The van der Waals surface area contributed by atoms with Crippen molar-refractivity contribution >= 4 is 33.2 Å². The lowest BCUT2D eigenvalue weighted by molar-refractivity contribution is -0.120. The maximum absolute atomic E-state index is 13.4. The molecule has 1 N–H and O–H groups in total. The fraction of sp³-hybridized carbons (Fsp3) is 0.269. The third kappa shape index (κ3) is 6.15. The summed E-state index contributed by atoms with van der Waals surface area (Å²) in [6, 6.07) is 22.3. The minimum Gasteiger partial charge on any atom is -0.348 e. The van der Waals surface area contributed by atoms with E-state index in [1.54, 1.807) is 36.4 Å². The van der Waals surface area contributed by atoms with Crippen LogP contribution >= 0.6 is 11.6 Å². The van der Waals surface area contributed by atoms with E-state index in [-0.39, 0.29) is 22.9 Å². The molecule has 0 bridgehead atoms. The molecule has 0 spiro atoms. The second-order valence-electron chi connectivity index (χ2n) is 8.97. The van der Waals surface area contributed by atoms with Gasteiger partial charge in [0.05, 0.1) is 16.6 Å². The fourth-order valence-electron chi connectivity index (χ4n) is 3.44. The molecule has 33 heavy (non-hydrogen) atoms. The van der Waals surface area contributed by atoms with E-state index in [0.29, 0.717) is 10.7 Å². The third-order valence-electron chi connectivity index (χ3n) is 5.37. The van der Waals surface area contributed by atoms with Gasteiger partial charge in [0.1, 0.15) is 6.54 Å². The number of nitrogens with zero attached hydrogens (tertiary/aromatic N) is 1. The molecule has 0 heterocycles. The van der Waals surface area contributed by atoms with Crippen LogP contribution in [-0.2, 0) is 20.2 Å². The van der Waals surface area contributed by atoms with Crippen molar-refractivity contribution in [3.63, 3.8) is 0 Å². The number of halogens is 1. The van der Waals surface area contributed by atoms with Crippen molar-refractivity contribution < 1.29 is 13.2 Å². The van der Waals surface area contributed by atoms with Gasteiger partial charge in [-0.25, -0.2) is 8.42 Å². The van der Waals surface area contributed by atoms with Gasteiger partial charge in [-0.15, -0.1) is 0 Å². The number of hydrogen-bond donors (Lipinski definition) is 1. The molecular formula is C26H29ClN2O3S. The van der Waals surface area contributed by atoms with Crippen LogP contribution in [0.2, 0.25) is 5.02 Å². The summed E-state index contributed by atoms with van der Waals surface area (Å²) >= 11 is 6.11. The van der Waals surface area contributed by atoms with Crippen LogP contribution in [0, 0.1) is 0 Å². The molecule has 0 unspecified atom stereocenters. The lowest BCUT2D eigenvalue weighted by atomic mass is 9.86. The van der Waals surface area contributed by atoms with Crippen molar-refractivity contribution in [2.45, 2.75) is 44.0 Å². The summed E-state index contributed by atoms with van der Waals surface area (Å²) in [4.78, 5) is 13.0. The highest BCUT2D eigenvalue weighted by atomic mass is 35.5. The Morgan fingerprint density at radius 3 is 2.18 bits per heavy atom. The van der Waals surface area contributed by atoms with Crippen molar-refractivity contribution in [2.75, 3.05) is 10.8 Å². The second kappa shape index (κ2) is 9.98. The summed E-state index contributed by atoms with van der Waals surface area (Å²) in [6.45, 7) is 7.93. The zero-order chi connectivity index (χ0) is 24.2. The Morgan fingerprint density at radius 2 is 1.61 bits per heavy atom. The Kier molecular flexibility index (Phi) is 7.50. The molecule has 1 amide bonds. The first-order valence-corrected chi connectivity index (χ1v) is 12.5. The van der Waals surface area contributed by atoms with Gasteiger partial charge in [-0.1, -0.05) is 80.9 Å². The zero-order valence-corrected chi connectivity index (χ0v) is 20.8. The van der Waals surface area contributed by atoms with Gasteiger partial charge in [0.15, 0.2) is 0 Å². The number of anilines is 1. The topological polar surface area (TPSA) is 66.5 Å². The first-order chi connectivity index (χ1) is 15.5. The number of nitrogens with one attached hydrogen (secondary N) is 1. The smallest absolute Gasteiger partial charge is 0.264 e. The van der Waals surface area contributed by atoms with Gasteiger partial charge in [0.2, 0.25) is 5.91 Å². The van der Waals surface area contributed by atoms with E-state index in [4.69, 9.17) is 11.6 Å². The van der Waals surface area contributed by atoms with Crippen LogP contribution in [-0.4, -0.2) is 20.9 Å². The van der Waals surface area contributed by atoms with Gasteiger partial charge in [-0.05, 0) is 53.8 Å². The number of amides is 1. The SMILES string of the molecule is C[C@H](NC(=O)CN(c1cccc(Cl)c1)S(=O)(=O)c1ccccc1)c1ccc(C(C)(C)C)cc1. The maximum atomic E-state index is 13.4. The van der Waals surface area contributed by atoms with Gasteiger partial charge in [-0.2, -0.15) is 0 Å². The fourth-order valence-corrected chi connectivity index (χ4v) is 5.06. The number of carbonyl (C=O) groups excluding carboxylic acids is 1. The van der Waals surface area contributed by atoms with E-state index in [9.17, 15) is 13.2 Å². The Hall–Kier alpha value is -2.83. The standard InChI is InChI=1S/C26H29ClN2O3S/c1-19(20-13-15-21(16-14-20)26(2,3)4)28-25(30)18-29(23-10-8-9-22(27)17-23)33(31,32)24-11-6-5-7-12-24/h5-17,19H,18H2,1-4H3,(H,28,30)/t19-/m0/s1. The predicted molar refractivity (Wildman–Crippen MR) is 134 cm³/mol. The van der Waals surface area contributed by atoms with Gasteiger partial charge in [0.25, 0.3) is 10.0 Å². The lowest BCUT2D eigenvalue weighted by Crippen LogP contribution is -2.41. The van der Waals surface area contributed by atoms with Crippen molar-refractivity contribution in [1.29, 1.82) is 0 Å². The number of rotatable bonds is 7. The summed E-state index contributed by atoms with van der Waals surface area (Å²) in [5, 5.41) is 3.30. The monoisotopic (exact) mass is 484 g/mol. The summed E-state index contributed by atoms with van der Waals surface area (Å²) in [5.74, 6) is -0.415. The summed E-state index contributed by atoms with van der Waals surface area (Å²) in [7, 11) is -3.97. The Labute approximate surface area is 201 Å². The highest BCUT2D eigenvalue weighted by Crippen LogP contribution is 2.27. The van der Waals surface area contributed by atoms with Crippen molar-refractivity contribution in [2.24, 2.45) is 0 Å². The summed E-state index contributed by atoms with van der Waals surface area (Å²) < 4.78 is 27.8. The van der Waals surface area contributed by atoms with Crippen LogP contribution in [0.5, 0.6) is 0 Å². The number of sulfonamides is 1. The molecule has 3 rings (SSSR count). The highest BCUT2D eigenvalue weighted by molar-refractivity contribution is 7.92. The molecule has 3 aromatic carbocycles. The van der Waals surface area contributed by atoms with Crippen molar-refractivity contribution in [3.8, 4) is 0 Å². The number of carbonyl (C=O) groups is 1. The minimum absolute atomic E-state index is 0.0360. The van der Waals surface area contributed by atoms with E-state index in [2.05, 4.69) is 38.2 Å². The van der Waals surface area contributed by atoms with Crippen LogP contribution < -0.4 is 9.62 Å². The van der Waals surface area contributed by atoms with E-state index in [0.717, 1.165) is 9.87 Å². The molecule has 0 fully saturated rings. The molecule has 0 radical (unpaired) electrons. The van der Waals surface area contributed by atoms with Crippen molar-refractivity contribution in [3.05, 3.63) is 95.0 Å². The Morgan fingerprint density at radius 1 is 0.970 bits per heavy atom. The largest absolute Gasteiger partial charge is 0.348 e. The molecule has 0 aliphatic carbocycles. The summed E-state index contributed by atoms with van der Waals surface area (Å²) in [6.07, 6.45) is 0. The molecule has 3 aromatic rings. The highest BCUT2D eigenvalue weighted by Gasteiger charge is 2.28. The van der Waals surface area contributed by atoms with Crippen LogP contribution in [0.1, 0.15) is 44.9 Å². The molecule has 0 aromatic heterocycles. The molecular weight excluding hydrogens is 456 g/mol. The van der Waals surface area contributed by atoms with E-state index >= 15 is 0 Å². The quantitative estimate of drug-likeness (QED) is 0.467. The van der Waals surface area contributed by atoms with Crippen LogP contribution in [0.15, 0.2) is 83.8 Å². The normalized spacial score (nSPS) is 12.8. The van der Waals surface area contributed by atoms with Gasteiger partial charge < -0.3 is 5.32 Å². The van der Waals surface area contributed by atoms with E-state index < -0.39 is 15.9 Å². The number of benzene rings is 3. The average Bonchev–Trinajstić information content (AvgIpc) is 2.77. The first kappa shape index (κ1) is 24.8. The third-order valence-corrected chi connectivity index (χ3v) is 7.39. The molecule has 0 saturated heterocycles. The number of hydrogen-bond acceptors (Lipinski definition) is 3. The first-order valence-electron chi connectivity index (χ1n) is 10.7. The van der Waals surface area contributed by atoms with Gasteiger partial charge in [-0.3, -0.25) is 9.10 Å². The lowest BCUT2D eigenvalue weighted by Gasteiger charge is -2.25. The Balaban J connectivity index is 1.83. The molecule has 7 heteroatoms. The maximum Gasteiger partial charge on any atom is 0.264 e. The molecule has 0 aliphatic heterocycles. The van der Waals surface area contributed by atoms with Crippen LogP contribution in [0.3, 0.4) is 0 Å². The van der Waals surface area contributed by atoms with Crippen LogP contribution in [0.25, 0.3) is 0 Å². The molecule has 174 valence electrons. The zero-order valence-electron chi connectivity index (χ0n) is 19.2. The van der Waals surface area contributed by atoms with Gasteiger partial charge in [0, 0.05) is 5.02 Å². The molecule has 0 saturated carbocycles. The predicted octanol–water partition coefficient (Wildman–Crippen LogP) is 5.71. The Bertz CT molecular complexity index is 1200. The summed E-state index contributed by atoms with van der Waals surface area (Å²) in [5.41, 5.74) is 2.50. The van der Waals surface area contributed by atoms with E-state index in [1.807, 2.05) is 19.1 Å². The molecule has 5 nitrogen and oxygen atoms in total. The molecule has 1 atom stereocenters. The minimum atomic E-state index is -3.97.